The molecule has 222 valence electrons. The molecular formula is C42H46Si2. The number of hydrogen-bond donors (Lipinski definition) is 0. The number of hydrogen-bond acceptors (Lipinski definition) is 0. The van der Waals surface area contributed by atoms with Gasteiger partial charge in [0.2, 0.25) is 0 Å². The lowest BCUT2D eigenvalue weighted by Gasteiger charge is -2.54. The molecule has 0 N–H and O–H groups in total. The Morgan fingerprint density at radius 3 is 0.977 bits per heavy atom. The Balaban J connectivity index is 1.35. The first kappa shape index (κ1) is 29.3. The van der Waals surface area contributed by atoms with Crippen LogP contribution in [0, 0.1) is 0 Å². The van der Waals surface area contributed by atoms with E-state index >= 15 is 0 Å². The Labute approximate surface area is 267 Å². The van der Waals surface area contributed by atoms with Crippen LogP contribution in [0.4, 0.5) is 0 Å². The van der Waals surface area contributed by atoms with Gasteiger partial charge in [-0.1, -0.05) is 171 Å². The number of benzene rings is 5. The zero-order chi connectivity index (χ0) is 30.3. The van der Waals surface area contributed by atoms with Crippen molar-refractivity contribution in [1.29, 1.82) is 0 Å². The van der Waals surface area contributed by atoms with Crippen molar-refractivity contribution in [2.75, 3.05) is 0 Å². The normalized spacial score (nSPS) is 23.9. The summed E-state index contributed by atoms with van der Waals surface area (Å²) in [6.45, 7) is 10.4. The van der Waals surface area contributed by atoms with E-state index in [1.807, 2.05) is 0 Å². The molecule has 4 bridgehead atoms. The fraction of sp³-hybridized carbons (Fsp3) is 0.286. The SMILES string of the molecule is C[Si]1(C)Cc2ccc(cc2)[C@@H]2[C@@H](c3ccccc3)[C@@H](c3ccccc3)[C@@H]2c2ccc(cc2)C[Si](C)(C)Cc2ccccc2C1. The molecule has 44 heavy (non-hydrogen) atoms. The molecular weight excluding hydrogens is 561 g/mol. The molecule has 5 aromatic carbocycles. The van der Waals surface area contributed by atoms with E-state index < -0.39 is 16.1 Å². The standard InChI is InChI=1S/C42H46Si2/c1-43(2)27-31-19-23-35(24-20-31)41-39(33-13-7-5-8-14-33)40(34-15-9-6-10-16-34)42(41)36-25-21-32(22-26-36)28-44(3,4)30-38-18-12-11-17-37(38)29-43/h5-26,39-42H,27-30H2,1-4H3/t39-,40+,41+,42-. The van der Waals surface area contributed by atoms with Crippen LogP contribution in [0.15, 0.2) is 133 Å². The second kappa shape index (κ2) is 11.8. The van der Waals surface area contributed by atoms with Crippen LogP contribution < -0.4 is 0 Å². The molecule has 4 atom stereocenters. The summed E-state index contributed by atoms with van der Waals surface area (Å²) >= 11 is 0. The third kappa shape index (κ3) is 5.95. The lowest BCUT2D eigenvalue weighted by atomic mass is 9.49. The molecule has 2 heteroatoms. The molecule has 4 aliphatic rings. The lowest BCUT2D eigenvalue weighted by Crippen LogP contribution is -2.40. The van der Waals surface area contributed by atoms with Crippen molar-refractivity contribution in [1.82, 2.24) is 0 Å². The molecule has 1 aliphatic carbocycles. The van der Waals surface area contributed by atoms with Gasteiger partial charge in [-0.15, -0.1) is 0 Å². The second-order valence-electron chi connectivity index (χ2n) is 15.2. The highest BCUT2D eigenvalue weighted by Crippen LogP contribution is 2.66. The van der Waals surface area contributed by atoms with Gasteiger partial charge < -0.3 is 0 Å². The monoisotopic (exact) mass is 606 g/mol. The molecule has 0 aromatic heterocycles. The van der Waals surface area contributed by atoms with Crippen LogP contribution in [0.25, 0.3) is 0 Å². The van der Waals surface area contributed by atoms with E-state index in [0.29, 0.717) is 23.7 Å². The number of fused-ring (bicyclic) bond motifs is 2. The highest BCUT2D eigenvalue weighted by atomic mass is 28.3. The van der Waals surface area contributed by atoms with E-state index in [2.05, 4.69) is 160 Å². The van der Waals surface area contributed by atoms with Gasteiger partial charge in [-0.05, 0) is 81.2 Å². The topological polar surface area (TPSA) is 0 Å². The minimum atomic E-state index is -1.51. The average molecular weight is 607 g/mol. The van der Waals surface area contributed by atoms with Gasteiger partial charge in [0.25, 0.3) is 0 Å². The van der Waals surface area contributed by atoms with Crippen molar-refractivity contribution in [2.24, 2.45) is 0 Å². The first-order valence-electron chi connectivity index (χ1n) is 16.6. The molecule has 0 radical (unpaired) electrons. The number of rotatable bonds is 2. The zero-order valence-electron chi connectivity index (χ0n) is 26.8. The molecule has 5 aromatic rings. The Morgan fingerprint density at radius 2 is 0.636 bits per heavy atom. The van der Waals surface area contributed by atoms with Crippen molar-refractivity contribution in [2.45, 2.75) is 74.0 Å². The van der Waals surface area contributed by atoms with E-state index in [9.17, 15) is 0 Å². The second-order valence-corrected chi connectivity index (χ2v) is 25.3. The molecule has 0 spiro atoms. The largest absolute Gasteiger partial charge is 0.0689 e. The quantitative estimate of drug-likeness (QED) is 0.175. The fourth-order valence-corrected chi connectivity index (χ4v) is 14.3. The maximum absolute atomic E-state index is 2.59. The minimum Gasteiger partial charge on any atom is -0.0689 e. The van der Waals surface area contributed by atoms with E-state index in [-0.39, 0.29) is 0 Å². The summed E-state index contributed by atoms with van der Waals surface area (Å²) in [6, 6.07) is 56.8. The van der Waals surface area contributed by atoms with Gasteiger partial charge in [0.05, 0.1) is 16.1 Å². The van der Waals surface area contributed by atoms with Gasteiger partial charge in [0, 0.05) is 0 Å². The molecule has 1 saturated carbocycles. The van der Waals surface area contributed by atoms with Crippen LogP contribution in [-0.2, 0) is 24.2 Å². The molecule has 1 fully saturated rings. The average Bonchev–Trinajstić information content (AvgIpc) is 3.00. The summed E-state index contributed by atoms with van der Waals surface area (Å²) in [5, 5.41) is 0. The molecule has 9 rings (SSSR count). The third-order valence-corrected chi connectivity index (χ3v) is 15.9. The van der Waals surface area contributed by atoms with E-state index in [0.717, 1.165) is 0 Å². The summed E-state index contributed by atoms with van der Waals surface area (Å²) in [5.41, 5.74) is 12.1. The molecule has 3 aliphatic heterocycles. The van der Waals surface area contributed by atoms with Crippen molar-refractivity contribution < 1.29 is 0 Å². The highest BCUT2D eigenvalue weighted by Gasteiger charge is 2.52. The maximum Gasteiger partial charge on any atom is 0.0561 e. The van der Waals surface area contributed by atoms with Crippen LogP contribution in [-0.4, -0.2) is 16.1 Å². The van der Waals surface area contributed by atoms with E-state index in [1.165, 1.54) is 57.6 Å². The fourth-order valence-electron chi connectivity index (χ4n) is 8.64. The van der Waals surface area contributed by atoms with Crippen molar-refractivity contribution >= 4 is 16.1 Å². The van der Waals surface area contributed by atoms with Gasteiger partial charge in [-0.3, -0.25) is 0 Å². The summed E-state index contributed by atoms with van der Waals surface area (Å²) in [4.78, 5) is 0. The highest BCUT2D eigenvalue weighted by molar-refractivity contribution is 6.77. The summed E-state index contributed by atoms with van der Waals surface area (Å²) < 4.78 is 0. The van der Waals surface area contributed by atoms with Gasteiger partial charge in [0.15, 0.2) is 0 Å². The van der Waals surface area contributed by atoms with Crippen molar-refractivity contribution in [3.05, 3.63) is 178 Å². The maximum atomic E-state index is 2.59. The molecule has 3 heterocycles. The zero-order valence-corrected chi connectivity index (χ0v) is 28.8. The van der Waals surface area contributed by atoms with Crippen LogP contribution in [0.5, 0.6) is 0 Å². The molecule has 0 amide bonds. The lowest BCUT2D eigenvalue weighted by molar-refractivity contribution is 0.229. The molecule has 0 unspecified atom stereocenters. The smallest absolute Gasteiger partial charge is 0.0561 e. The molecule has 0 nitrogen and oxygen atoms in total. The van der Waals surface area contributed by atoms with Gasteiger partial charge in [-0.2, -0.15) is 0 Å². The summed E-state index contributed by atoms with van der Waals surface area (Å²) in [6.07, 6.45) is 0. The minimum absolute atomic E-state index is 0.448. The van der Waals surface area contributed by atoms with Crippen LogP contribution >= 0.6 is 0 Å². The Morgan fingerprint density at radius 1 is 0.341 bits per heavy atom. The Bertz CT molecular complexity index is 1570. The van der Waals surface area contributed by atoms with E-state index in [4.69, 9.17) is 0 Å². The van der Waals surface area contributed by atoms with Crippen LogP contribution in [0.3, 0.4) is 0 Å². The summed E-state index contributed by atoms with van der Waals surface area (Å²) in [7, 11) is -3.02. The summed E-state index contributed by atoms with van der Waals surface area (Å²) in [5.74, 6) is 1.80. The Hall–Kier alpha value is -3.47. The predicted octanol–water partition coefficient (Wildman–Crippen LogP) is 10.6. The van der Waals surface area contributed by atoms with Crippen molar-refractivity contribution in [3.8, 4) is 0 Å². The van der Waals surface area contributed by atoms with Gasteiger partial charge in [0.1, 0.15) is 0 Å². The first-order chi connectivity index (χ1) is 21.3. The van der Waals surface area contributed by atoms with Crippen LogP contribution in [0.2, 0.25) is 26.2 Å². The first-order valence-corrected chi connectivity index (χ1v) is 23.4. The molecule has 0 saturated heterocycles. The van der Waals surface area contributed by atoms with Gasteiger partial charge >= 0.3 is 0 Å². The third-order valence-electron chi connectivity index (χ3n) is 10.5. The van der Waals surface area contributed by atoms with E-state index in [1.54, 1.807) is 11.1 Å². The Kier molecular flexibility index (Phi) is 7.85. The van der Waals surface area contributed by atoms with Crippen molar-refractivity contribution in [3.63, 3.8) is 0 Å². The van der Waals surface area contributed by atoms with Gasteiger partial charge in [-0.25, -0.2) is 0 Å². The predicted molar refractivity (Wildman–Crippen MR) is 193 cm³/mol. The van der Waals surface area contributed by atoms with Crippen LogP contribution in [0.1, 0.15) is 68.2 Å².